The van der Waals surface area contributed by atoms with Crippen LogP contribution in [0, 0.1) is 23.2 Å². The Balaban J connectivity index is 2.77. The molecule has 0 bridgehead atoms. The van der Waals surface area contributed by atoms with Gasteiger partial charge in [-0.05, 0) is 43.9 Å². The smallest absolute Gasteiger partial charge is 0.337 e. The van der Waals surface area contributed by atoms with Gasteiger partial charge in [-0.15, -0.1) is 0 Å². The van der Waals surface area contributed by atoms with Gasteiger partial charge in [-0.3, -0.25) is 4.79 Å². The zero-order chi connectivity index (χ0) is 20.2. The Morgan fingerprint density at radius 3 is 2.22 bits per heavy atom. The molecular weight excluding hydrogens is 350 g/mol. The minimum absolute atomic E-state index is 0.209. The van der Waals surface area contributed by atoms with E-state index in [2.05, 4.69) is 4.74 Å². The summed E-state index contributed by atoms with van der Waals surface area (Å²) < 4.78 is 20.3. The molecule has 2 unspecified atom stereocenters. The molecule has 0 heterocycles. The fourth-order valence-corrected chi connectivity index (χ4v) is 2.93. The second-order valence-corrected chi connectivity index (χ2v) is 5.94. The van der Waals surface area contributed by atoms with E-state index >= 15 is 0 Å². The van der Waals surface area contributed by atoms with Crippen molar-refractivity contribution in [1.82, 2.24) is 0 Å². The molecule has 0 saturated heterocycles. The van der Waals surface area contributed by atoms with E-state index in [1.165, 1.54) is 21.3 Å². The highest BCUT2D eigenvalue weighted by molar-refractivity contribution is 5.89. The number of methoxy groups -OCH3 is 3. The molecule has 0 N–H and O–H groups in total. The number of nitriles is 1. The largest absolute Gasteiger partial charge is 0.465 e. The lowest BCUT2D eigenvalue weighted by atomic mass is 9.87. The van der Waals surface area contributed by atoms with Crippen molar-refractivity contribution < 1.29 is 28.5 Å². The third kappa shape index (κ3) is 6.66. The molecule has 0 aliphatic heterocycles. The van der Waals surface area contributed by atoms with Crippen LogP contribution in [0.2, 0.25) is 0 Å². The molecule has 0 aromatic heterocycles. The highest BCUT2D eigenvalue weighted by atomic mass is 16.7. The molecule has 7 heteroatoms. The van der Waals surface area contributed by atoms with E-state index in [1.54, 1.807) is 19.1 Å². The average Bonchev–Trinajstić information content (AvgIpc) is 2.69. The van der Waals surface area contributed by atoms with Crippen LogP contribution in [0.5, 0.6) is 0 Å². The second-order valence-electron chi connectivity index (χ2n) is 5.94. The summed E-state index contributed by atoms with van der Waals surface area (Å²) in [6.07, 6.45) is 1.30. The molecule has 27 heavy (non-hydrogen) atoms. The van der Waals surface area contributed by atoms with Gasteiger partial charge in [0.2, 0.25) is 0 Å². The van der Waals surface area contributed by atoms with Crippen molar-refractivity contribution in [3.8, 4) is 6.07 Å². The van der Waals surface area contributed by atoms with Crippen molar-refractivity contribution in [2.75, 3.05) is 27.9 Å². The van der Waals surface area contributed by atoms with Gasteiger partial charge in [0.05, 0.1) is 25.3 Å². The maximum Gasteiger partial charge on any atom is 0.337 e. The molecular formula is C20H27NO6. The number of ether oxygens (including phenoxy) is 4. The zero-order valence-electron chi connectivity index (χ0n) is 16.3. The van der Waals surface area contributed by atoms with Gasteiger partial charge in [0.15, 0.2) is 12.2 Å². The highest BCUT2D eigenvalue weighted by Crippen LogP contribution is 2.26. The summed E-state index contributed by atoms with van der Waals surface area (Å²) in [5.41, 5.74) is 1.53. The number of hydrogen-bond donors (Lipinski definition) is 0. The van der Waals surface area contributed by atoms with E-state index in [0.717, 1.165) is 12.0 Å². The van der Waals surface area contributed by atoms with Gasteiger partial charge in [-0.25, -0.2) is 4.79 Å². The Bertz CT molecular complexity index is 633. The number of carbonyl (C=O) groups excluding carboxylic acids is 2. The predicted molar refractivity (Wildman–Crippen MR) is 97.8 cm³/mol. The predicted octanol–water partition coefficient (Wildman–Crippen LogP) is 2.73. The molecule has 148 valence electrons. The number of rotatable bonds is 11. The van der Waals surface area contributed by atoms with E-state index in [0.29, 0.717) is 18.4 Å². The minimum Gasteiger partial charge on any atom is -0.465 e. The van der Waals surface area contributed by atoms with Crippen molar-refractivity contribution in [3.63, 3.8) is 0 Å². The van der Waals surface area contributed by atoms with Crippen LogP contribution in [0.15, 0.2) is 24.3 Å². The van der Waals surface area contributed by atoms with Crippen LogP contribution in [0.4, 0.5) is 0 Å². The summed E-state index contributed by atoms with van der Waals surface area (Å²) in [7, 11) is 4.30. The van der Waals surface area contributed by atoms with E-state index in [-0.39, 0.29) is 12.6 Å². The SMILES string of the molecule is CCOC(=O)C(C#N)C(CCCc1ccc(C(=O)OC)cc1)C(OC)OC. The number of benzene rings is 1. The fourth-order valence-electron chi connectivity index (χ4n) is 2.93. The molecule has 0 aliphatic rings. The van der Waals surface area contributed by atoms with Crippen LogP contribution in [0.1, 0.15) is 35.7 Å². The molecule has 1 aromatic rings. The van der Waals surface area contributed by atoms with Crippen LogP contribution in [0.25, 0.3) is 0 Å². The minimum atomic E-state index is -0.962. The molecule has 0 saturated carbocycles. The van der Waals surface area contributed by atoms with Gasteiger partial charge in [-0.2, -0.15) is 5.26 Å². The summed E-state index contributed by atoms with van der Waals surface area (Å²) in [5, 5.41) is 9.45. The maximum absolute atomic E-state index is 12.1. The third-order valence-corrected chi connectivity index (χ3v) is 4.30. The quantitative estimate of drug-likeness (QED) is 0.432. The van der Waals surface area contributed by atoms with Crippen LogP contribution >= 0.6 is 0 Å². The van der Waals surface area contributed by atoms with Gasteiger partial charge in [0.1, 0.15) is 0 Å². The molecule has 1 aromatic carbocycles. The molecule has 2 atom stereocenters. The van der Waals surface area contributed by atoms with Gasteiger partial charge in [-0.1, -0.05) is 12.1 Å². The Morgan fingerprint density at radius 2 is 1.74 bits per heavy atom. The second kappa shape index (κ2) is 12.0. The van der Waals surface area contributed by atoms with E-state index < -0.39 is 24.1 Å². The lowest BCUT2D eigenvalue weighted by Gasteiger charge is -2.27. The van der Waals surface area contributed by atoms with E-state index in [4.69, 9.17) is 14.2 Å². The first-order valence-corrected chi connectivity index (χ1v) is 8.81. The van der Waals surface area contributed by atoms with Gasteiger partial charge < -0.3 is 18.9 Å². The number of hydrogen-bond acceptors (Lipinski definition) is 7. The molecule has 0 radical (unpaired) electrons. The average molecular weight is 377 g/mol. The van der Waals surface area contributed by atoms with E-state index in [1.807, 2.05) is 18.2 Å². The summed E-state index contributed by atoms with van der Waals surface area (Å²) in [4.78, 5) is 23.6. The van der Waals surface area contributed by atoms with E-state index in [9.17, 15) is 14.9 Å². The van der Waals surface area contributed by atoms with Crippen LogP contribution < -0.4 is 0 Å². The molecule has 0 amide bonds. The maximum atomic E-state index is 12.1. The zero-order valence-corrected chi connectivity index (χ0v) is 16.3. The summed E-state index contributed by atoms with van der Waals surface area (Å²) >= 11 is 0. The van der Waals surface area contributed by atoms with Crippen molar-refractivity contribution in [1.29, 1.82) is 5.26 Å². The highest BCUT2D eigenvalue weighted by Gasteiger charge is 2.35. The standard InChI is InChI=1S/C20H27NO6/c1-5-27-19(23)17(13-21)16(20(25-3)26-4)8-6-7-14-9-11-15(12-10-14)18(22)24-2/h9-12,16-17,20H,5-8H2,1-4H3. The monoisotopic (exact) mass is 377 g/mol. The Kier molecular flexibility index (Phi) is 10.1. The Labute approximate surface area is 160 Å². The lowest BCUT2D eigenvalue weighted by molar-refractivity contribution is -0.167. The molecule has 7 nitrogen and oxygen atoms in total. The Hall–Kier alpha value is -2.43. The first-order chi connectivity index (χ1) is 13.0. The van der Waals surface area contributed by atoms with Crippen molar-refractivity contribution in [3.05, 3.63) is 35.4 Å². The fraction of sp³-hybridized carbons (Fsp3) is 0.550. The molecule has 0 spiro atoms. The first-order valence-electron chi connectivity index (χ1n) is 8.81. The third-order valence-electron chi connectivity index (χ3n) is 4.30. The summed E-state index contributed by atoms with van der Waals surface area (Å²) in [6, 6.07) is 9.17. The molecule has 1 rings (SSSR count). The lowest BCUT2D eigenvalue weighted by Crippen LogP contribution is -2.35. The number of carbonyl (C=O) groups is 2. The summed E-state index contributed by atoms with van der Waals surface area (Å²) in [6.45, 7) is 1.91. The normalized spacial score (nSPS) is 12.9. The number of aryl methyl sites for hydroxylation is 1. The molecule has 0 aliphatic carbocycles. The number of esters is 2. The van der Waals surface area contributed by atoms with Gasteiger partial charge in [0, 0.05) is 20.1 Å². The van der Waals surface area contributed by atoms with Crippen molar-refractivity contribution in [2.45, 2.75) is 32.5 Å². The van der Waals surface area contributed by atoms with Gasteiger partial charge in [0.25, 0.3) is 0 Å². The van der Waals surface area contributed by atoms with Crippen LogP contribution in [-0.4, -0.2) is 46.2 Å². The van der Waals surface area contributed by atoms with Crippen molar-refractivity contribution in [2.24, 2.45) is 11.8 Å². The van der Waals surface area contributed by atoms with Gasteiger partial charge >= 0.3 is 11.9 Å². The topological polar surface area (TPSA) is 94.9 Å². The van der Waals surface area contributed by atoms with Crippen LogP contribution in [0.3, 0.4) is 0 Å². The molecule has 0 fully saturated rings. The first kappa shape index (κ1) is 22.6. The summed E-state index contributed by atoms with van der Waals surface area (Å²) in [5.74, 6) is -2.35. The Morgan fingerprint density at radius 1 is 1.11 bits per heavy atom. The van der Waals surface area contributed by atoms with Crippen LogP contribution in [-0.2, 0) is 30.2 Å². The van der Waals surface area contributed by atoms with Crippen molar-refractivity contribution >= 4 is 11.9 Å². The number of nitrogens with zero attached hydrogens (tertiary/aromatic N) is 1.